The van der Waals surface area contributed by atoms with E-state index in [9.17, 15) is 4.79 Å². The van der Waals surface area contributed by atoms with Crippen LogP contribution in [0.2, 0.25) is 0 Å². The molecular formula is C10H11N7O. The SMILES string of the molecule is Cc1cc(C(=O)Nc2nccnn2)cc(NN)n1. The molecule has 2 aromatic heterocycles. The average Bonchev–Trinajstić information content (AvgIpc) is 2.39. The number of hydrogen-bond donors (Lipinski definition) is 3. The van der Waals surface area contributed by atoms with Crippen molar-refractivity contribution < 1.29 is 4.79 Å². The quantitative estimate of drug-likeness (QED) is 0.518. The monoisotopic (exact) mass is 245 g/mol. The van der Waals surface area contributed by atoms with Gasteiger partial charge in [-0.1, -0.05) is 0 Å². The number of aromatic nitrogens is 4. The fourth-order valence-corrected chi connectivity index (χ4v) is 1.35. The number of aryl methyl sites for hydroxylation is 1. The molecule has 92 valence electrons. The number of pyridine rings is 1. The van der Waals surface area contributed by atoms with Gasteiger partial charge in [-0.25, -0.2) is 15.8 Å². The molecule has 0 radical (unpaired) electrons. The van der Waals surface area contributed by atoms with E-state index in [1.807, 2.05) is 0 Å². The fraction of sp³-hybridized carbons (Fsp3) is 0.100. The van der Waals surface area contributed by atoms with Crippen LogP contribution in [0.5, 0.6) is 0 Å². The van der Waals surface area contributed by atoms with Gasteiger partial charge in [0.15, 0.2) is 0 Å². The predicted molar refractivity (Wildman–Crippen MR) is 64.6 cm³/mol. The minimum atomic E-state index is -0.356. The first kappa shape index (κ1) is 11.9. The third kappa shape index (κ3) is 2.74. The van der Waals surface area contributed by atoms with Crippen LogP contribution >= 0.6 is 0 Å². The lowest BCUT2D eigenvalue weighted by atomic mass is 10.2. The van der Waals surface area contributed by atoms with Crippen LogP contribution in [0.25, 0.3) is 0 Å². The molecule has 18 heavy (non-hydrogen) atoms. The third-order valence-electron chi connectivity index (χ3n) is 2.07. The molecule has 0 saturated carbocycles. The van der Waals surface area contributed by atoms with Crippen LogP contribution in [-0.4, -0.2) is 26.1 Å². The van der Waals surface area contributed by atoms with Crippen LogP contribution in [0.15, 0.2) is 24.5 Å². The van der Waals surface area contributed by atoms with Gasteiger partial charge in [-0.3, -0.25) is 10.1 Å². The maximum atomic E-state index is 11.9. The molecule has 2 aromatic rings. The Bertz CT molecular complexity index is 557. The summed E-state index contributed by atoms with van der Waals surface area (Å²) >= 11 is 0. The second kappa shape index (κ2) is 5.15. The van der Waals surface area contributed by atoms with Crippen molar-refractivity contribution in [2.24, 2.45) is 5.84 Å². The molecule has 0 unspecified atom stereocenters. The lowest BCUT2D eigenvalue weighted by Gasteiger charge is -2.06. The predicted octanol–water partition coefficient (Wildman–Crippen LogP) is 0.113. The molecule has 1 amide bonds. The van der Waals surface area contributed by atoms with E-state index >= 15 is 0 Å². The number of anilines is 2. The number of nitrogens with two attached hydrogens (primary N) is 1. The van der Waals surface area contributed by atoms with Crippen molar-refractivity contribution in [3.8, 4) is 0 Å². The number of nitrogens with one attached hydrogen (secondary N) is 2. The third-order valence-corrected chi connectivity index (χ3v) is 2.07. The molecule has 8 nitrogen and oxygen atoms in total. The van der Waals surface area contributed by atoms with Crippen molar-refractivity contribution in [1.82, 2.24) is 20.2 Å². The number of carbonyl (C=O) groups is 1. The molecule has 4 N–H and O–H groups in total. The highest BCUT2D eigenvalue weighted by molar-refractivity contribution is 6.03. The Balaban J connectivity index is 2.21. The van der Waals surface area contributed by atoms with Gasteiger partial charge in [0, 0.05) is 11.3 Å². The highest BCUT2D eigenvalue weighted by Gasteiger charge is 2.10. The van der Waals surface area contributed by atoms with E-state index in [-0.39, 0.29) is 11.9 Å². The van der Waals surface area contributed by atoms with E-state index < -0.39 is 0 Å². The summed E-state index contributed by atoms with van der Waals surface area (Å²) in [5, 5.41) is 9.79. The van der Waals surface area contributed by atoms with Crippen molar-refractivity contribution in [1.29, 1.82) is 0 Å². The fourth-order valence-electron chi connectivity index (χ4n) is 1.35. The summed E-state index contributed by atoms with van der Waals surface area (Å²) < 4.78 is 0. The highest BCUT2D eigenvalue weighted by atomic mass is 16.1. The highest BCUT2D eigenvalue weighted by Crippen LogP contribution is 2.10. The van der Waals surface area contributed by atoms with Gasteiger partial charge in [0.05, 0.1) is 12.4 Å². The van der Waals surface area contributed by atoms with Gasteiger partial charge in [0.1, 0.15) is 5.82 Å². The Hall–Kier alpha value is -2.61. The minimum absolute atomic E-state index is 0.138. The summed E-state index contributed by atoms with van der Waals surface area (Å²) in [6, 6.07) is 3.16. The molecule has 0 saturated heterocycles. The normalized spacial score (nSPS) is 9.89. The number of rotatable bonds is 3. The smallest absolute Gasteiger partial charge is 0.258 e. The van der Waals surface area contributed by atoms with Gasteiger partial charge < -0.3 is 5.43 Å². The summed E-state index contributed by atoms with van der Waals surface area (Å²) in [6.45, 7) is 1.76. The second-order valence-electron chi connectivity index (χ2n) is 3.45. The van der Waals surface area contributed by atoms with Crippen LogP contribution in [0, 0.1) is 6.92 Å². The number of nitrogen functional groups attached to an aromatic ring is 1. The molecule has 8 heteroatoms. The van der Waals surface area contributed by atoms with Gasteiger partial charge in [-0.05, 0) is 19.1 Å². The average molecular weight is 245 g/mol. The Morgan fingerprint density at radius 3 is 2.83 bits per heavy atom. The molecular weight excluding hydrogens is 234 g/mol. The maximum absolute atomic E-state index is 11.9. The zero-order valence-electron chi connectivity index (χ0n) is 9.58. The molecule has 2 heterocycles. The van der Waals surface area contributed by atoms with Gasteiger partial charge >= 0.3 is 0 Å². The summed E-state index contributed by atoms with van der Waals surface area (Å²) in [4.78, 5) is 19.8. The summed E-state index contributed by atoms with van der Waals surface area (Å²) in [7, 11) is 0. The molecule has 0 fully saturated rings. The van der Waals surface area contributed by atoms with E-state index in [2.05, 4.69) is 30.9 Å². The molecule has 0 aliphatic rings. The number of hydrazine groups is 1. The first-order valence-electron chi connectivity index (χ1n) is 5.09. The molecule has 0 spiro atoms. The van der Waals surface area contributed by atoms with Crippen molar-refractivity contribution in [2.75, 3.05) is 10.7 Å². The lowest BCUT2D eigenvalue weighted by molar-refractivity contribution is 0.102. The Kier molecular flexibility index (Phi) is 3.39. The Labute approximate surface area is 103 Å². The molecule has 0 aliphatic heterocycles. The lowest BCUT2D eigenvalue weighted by Crippen LogP contribution is -2.16. The van der Waals surface area contributed by atoms with E-state index in [0.717, 1.165) is 0 Å². The first-order valence-corrected chi connectivity index (χ1v) is 5.09. The zero-order chi connectivity index (χ0) is 13.0. The number of nitrogens with zero attached hydrogens (tertiary/aromatic N) is 4. The molecule has 0 atom stereocenters. The van der Waals surface area contributed by atoms with Crippen LogP contribution in [0.1, 0.15) is 16.1 Å². The number of carbonyl (C=O) groups excluding carboxylic acids is 1. The van der Waals surface area contributed by atoms with Crippen molar-refractivity contribution >= 4 is 17.7 Å². The number of hydrogen-bond acceptors (Lipinski definition) is 7. The van der Waals surface area contributed by atoms with Crippen LogP contribution in [0.3, 0.4) is 0 Å². The van der Waals surface area contributed by atoms with Crippen LogP contribution in [-0.2, 0) is 0 Å². The molecule has 0 aliphatic carbocycles. The van der Waals surface area contributed by atoms with E-state index in [0.29, 0.717) is 17.1 Å². The summed E-state index contributed by atoms with van der Waals surface area (Å²) in [6.07, 6.45) is 2.86. The summed E-state index contributed by atoms with van der Waals surface area (Å²) in [5.41, 5.74) is 3.47. The van der Waals surface area contributed by atoms with Crippen molar-refractivity contribution in [3.63, 3.8) is 0 Å². The minimum Gasteiger partial charge on any atom is -0.308 e. The maximum Gasteiger partial charge on any atom is 0.258 e. The van der Waals surface area contributed by atoms with Crippen LogP contribution in [0.4, 0.5) is 11.8 Å². The largest absolute Gasteiger partial charge is 0.308 e. The Morgan fingerprint density at radius 1 is 1.33 bits per heavy atom. The van der Waals surface area contributed by atoms with Crippen LogP contribution < -0.4 is 16.6 Å². The van der Waals surface area contributed by atoms with E-state index in [1.54, 1.807) is 13.0 Å². The standard InChI is InChI=1S/C10H11N7O/c1-6-4-7(5-8(14-6)16-11)9(18)15-10-12-2-3-13-17-10/h2-5H,11H2,1H3,(H,14,16)(H,12,15,17,18). The van der Waals surface area contributed by atoms with Gasteiger partial charge in [-0.2, -0.15) is 5.10 Å². The van der Waals surface area contributed by atoms with Gasteiger partial charge in [0.2, 0.25) is 5.95 Å². The van der Waals surface area contributed by atoms with Gasteiger partial charge in [-0.15, -0.1) is 5.10 Å². The summed E-state index contributed by atoms with van der Waals surface area (Å²) in [5.74, 6) is 5.45. The number of amides is 1. The second-order valence-corrected chi connectivity index (χ2v) is 3.45. The van der Waals surface area contributed by atoms with Gasteiger partial charge in [0.25, 0.3) is 5.91 Å². The Morgan fingerprint density at radius 2 is 2.17 bits per heavy atom. The van der Waals surface area contributed by atoms with E-state index in [1.165, 1.54) is 18.5 Å². The molecule has 0 bridgehead atoms. The zero-order valence-corrected chi connectivity index (χ0v) is 9.58. The topological polar surface area (TPSA) is 119 Å². The van der Waals surface area contributed by atoms with E-state index in [4.69, 9.17) is 5.84 Å². The first-order chi connectivity index (χ1) is 8.69. The van der Waals surface area contributed by atoms with Crippen molar-refractivity contribution in [2.45, 2.75) is 6.92 Å². The molecule has 0 aromatic carbocycles. The molecule has 2 rings (SSSR count). The van der Waals surface area contributed by atoms with Crippen molar-refractivity contribution in [3.05, 3.63) is 35.8 Å².